The Bertz CT molecular complexity index is 796. The summed E-state index contributed by atoms with van der Waals surface area (Å²) in [6.45, 7) is 2.86. The molecule has 0 fully saturated rings. The maximum Gasteiger partial charge on any atom is 0.0617 e. The fraction of sp³-hybridized carbons (Fsp3) is 0.100. The van der Waals surface area contributed by atoms with E-state index in [0.717, 1.165) is 29.3 Å². The van der Waals surface area contributed by atoms with Crippen molar-refractivity contribution in [3.05, 3.63) is 83.9 Å². The Morgan fingerprint density at radius 1 is 0.739 bits per heavy atom. The van der Waals surface area contributed by atoms with E-state index < -0.39 is 0 Å². The van der Waals surface area contributed by atoms with Gasteiger partial charge in [-0.3, -0.25) is 0 Å². The summed E-state index contributed by atoms with van der Waals surface area (Å²) < 4.78 is 0. The first kappa shape index (κ1) is 15.0. The quantitative estimate of drug-likeness (QED) is 0.586. The fourth-order valence-electron chi connectivity index (χ4n) is 2.51. The average Bonchev–Trinajstić information content (AvgIpc) is 2.57. The second-order valence-electron chi connectivity index (χ2n) is 5.54. The first-order chi connectivity index (χ1) is 11.2. The van der Waals surface area contributed by atoms with Crippen LogP contribution in [0.25, 0.3) is 0 Å². The third-order valence-electron chi connectivity index (χ3n) is 3.86. The predicted molar refractivity (Wildman–Crippen MR) is 99.1 cm³/mol. The zero-order valence-electron chi connectivity index (χ0n) is 13.2. The first-order valence-electron chi connectivity index (χ1n) is 7.73. The highest BCUT2D eigenvalue weighted by Crippen LogP contribution is 2.26. The average molecular weight is 303 g/mol. The first-order valence-corrected chi connectivity index (χ1v) is 7.73. The molecule has 0 heterocycles. The number of anilines is 4. The van der Waals surface area contributed by atoms with Gasteiger partial charge >= 0.3 is 0 Å². The van der Waals surface area contributed by atoms with Crippen LogP contribution >= 0.6 is 0 Å². The van der Waals surface area contributed by atoms with Gasteiger partial charge in [0.25, 0.3) is 0 Å². The van der Waals surface area contributed by atoms with Gasteiger partial charge < -0.3 is 16.4 Å². The van der Waals surface area contributed by atoms with Crippen molar-refractivity contribution in [3.8, 4) is 0 Å². The standard InChI is InChI=1S/C20H21N3/c1-15-8-2-5-11-18(15)22-14-16-9-3-6-12-19(16)23-20-13-7-4-10-17(20)21/h2-13,22-23H,14,21H2,1H3. The zero-order valence-corrected chi connectivity index (χ0v) is 13.2. The number of hydrogen-bond acceptors (Lipinski definition) is 3. The smallest absolute Gasteiger partial charge is 0.0617 e. The highest BCUT2D eigenvalue weighted by atomic mass is 14.9. The van der Waals surface area contributed by atoms with Gasteiger partial charge in [-0.15, -0.1) is 0 Å². The van der Waals surface area contributed by atoms with Gasteiger partial charge in [-0.05, 0) is 42.3 Å². The molecule has 0 unspecified atom stereocenters. The number of nitrogens with two attached hydrogens (primary N) is 1. The number of aryl methyl sites for hydroxylation is 1. The minimum absolute atomic E-state index is 0.745. The minimum Gasteiger partial charge on any atom is -0.397 e. The van der Waals surface area contributed by atoms with E-state index in [9.17, 15) is 0 Å². The Balaban J connectivity index is 1.78. The molecule has 0 amide bonds. The summed E-state index contributed by atoms with van der Waals surface area (Å²) in [5.41, 5.74) is 12.3. The molecule has 23 heavy (non-hydrogen) atoms. The molecule has 3 aromatic rings. The Hall–Kier alpha value is -2.94. The highest BCUT2D eigenvalue weighted by molar-refractivity contribution is 5.73. The van der Waals surface area contributed by atoms with Gasteiger partial charge in [0.2, 0.25) is 0 Å². The van der Waals surface area contributed by atoms with Crippen LogP contribution in [0.3, 0.4) is 0 Å². The van der Waals surface area contributed by atoms with Crippen LogP contribution in [-0.4, -0.2) is 0 Å². The molecule has 116 valence electrons. The molecule has 0 aliphatic carbocycles. The SMILES string of the molecule is Cc1ccccc1NCc1ccccc1Nc1ccccc1N. The predicted octanol–water partition coefficient (Wildman–Crippen LogP) is 4.93. The van der Waals surface area contributed by atoms with Crippen LogP contribution in [0.4, 0.5) is 22.7 Å². The van der Waals surface area contributed by atoms with Crippen LogP contribution in [0.1, 0.15) is 11.1 Å². The summed E-state index contributed by atoms with van der Waals surface area (Å²) in [5.74, 6) is 0. The summed E-state index contributed by atoms with van der Waals surface area (Å²) in [5, 5.41) is 6.93. The molecule has 0 aliphatic heterocycles. The lowest BCUT2D eigenvalue weighted by atomic mass is 10.1. The molecule has 0 saturated heterocycles. The van der Waals surface area contributed by atoms with Crippen LogP contribution in [0.15, 0.2) is 72.8 Å². The largest absolute Gasteiger partial charge is 0.397 e. The molecule has 4 N–H and O–H groups in total. The monoisotopic (exact) mass is 303 g/mol. The number of rotatable bonds is 5. The van der Waals surface area contributed by atoms with E-state index in [1.54, 1.807) is 0 Å². The van der Waals surface area contributed by atoms with E-state index in [-0.39, 0.29) is 0 Å². The molecule has 3 rings (SSSR count). The van der Waals surface area contributed by atoms with Gasteiger partial charge in [0.05, 0.1) is 11.4 Å². The Labute approximate surface area is 137 Å². The normalized spacial score (nSPS) is 10.3. The van der Waals surface area contributed by atoms with Gasteiger partial charge in [0.15, 0.2) is 0 Å². The summed E-state index contributed by atoms with van der Waals surface area (Å²) in [6, 6.07) is 24.4. The second-order valence-corrected chi connectivity index (χ2v) is 5.54. The van der Waals surface area contributed by atoms with Crippen molar-refractivity contribution in [1.29, 1.82) is 0 Å². The van der Waals surface area contributed by atoms with Gasteiger partial charge in [0, 0.05) is 17.9 Å². The third-order valence-corrected chi connectivity index (χ3v) is 3.86. The number of para-hydroxylation sites is 4. The summed E-state index contributed by atoms with van der Waals surface area (Å²) in [7, 11) is 0. The lowest BCUT2D eigenvalue weighted by Gasteiger charge is -2.15. The Morgan fingerprint density at radius 3 is 2.09 bits per heavy atom. The van der Waals surface area contributed by atoms with Crippen molar-refractivity contribution in [2.75, 3.05) is 16.4 Å². The molecule has 0 spiro atoms. The van der Waals surface area contributed by atoms with E-state index >= 15 is 0 Å². The van der Waals surface area contributed by atoms with E-state index in [2.05, 4.69) is 41.8 Å². The molecule has 0 radical (unpaired) electrons. The fourth-order valence-corrected chi connectivity index (χ4v) is 2.51. The van der Waals surface area contributed by atoms with Crippen LogP contribution in [-0.2, 0) is 6.54 Å². The van der Waals surface area contributed by atoms with Gasteiger partial charge in [-0.25, -0.2) is 0 Å². The van der Waals surface area contributed by atoms with Crippen LogP contribution in [0.2, 0.25) is 0 Å². The van der Waals surface area contributed by atoms with Crippen molar-refractivity contribution >= 4 is 22.7 Å². The second kappa shape index (κ2) is 6.88. The third kappa shape index (κ3) is 3.64. The molecule has 0 aliphatic rings. The molecule has 3 heteroatoms. The molecular weight excluding hydrogens is 282 g/mol. The van der Waals surface area contributed by atoms with Crippen molar-refractivity contribution < 1.29 is 0 Å². The molecule has 3 aromatic carbocycles. The van der Waals surface area contributed by atoms with Crippen LogP contribution in [0, 0.1) is 6.92 Å². The molecule has 0 aromatic heterocycles. The highest BCUT2D eigenvalue weighted by Gasteiger charge is 2.05. The van der Waals surface area contributed by atoms with Crippen LogP contribution < -0.4 is 16.4 Å². The van der Waals surface area contributed by atoms with E-state index in [4.69, 9.17) is 5.73 Å². The van der Waals surface area contributed by atoms with Crippen LogP contribution in [0.5, 0.6) is 0 Å². The van der Waals surface area contributed by atoms with Crippen molar-refractivity contribution in [1.82, 2.24) is 0 Å². The number of nitrogens with one attached hydrogen (secondary N) is 2. The minimum atomic E-state index is 0.745. The number of benzene rings is 3. The molecule has 0 saturated carbocycles. The summed E-state index contributed by atoms with van der Waals surface area (Å²) in [4.78, 5) is 0. The molecule has 3 nitrogen and oxygen atoms in total. The maximum absolute atomic E-state index is 6.03. The summed E-state index contributed by atoms with van der Waals surface area (Å²) >= 11 is 0. The van der Waals surface area contributed by atoms with E-state index in [0.29, 0.717) is 0 Å². The Morgan fingerprint density at radius 2 is 1.35 bits per heavy atom. The van der Waals surface area contributed by atoms with Crippen molar-refractivity contribution in [2.45, 2.75) is 13.5 Å². The van der Waals surface area contributed by atoms with Crippen molar-refractivity contribution in [3.63, 3.8) is 0 Å². The lowest BCUT2D eigenvalue weighted by molar-refractivity contribution is 1.14. The van der Waals surface area contributed by atoms with E-state index in [1.165, 1.54) is 11.1 Å². The van der Waals surface area contributed by atoms with Gasteiger partial charge in [-0.2, -0.15) is 0 Å². The lowest BCUT2D eigenvalue weighted by Crippen LogP contribution is -2.04. The van der Waals surface area contributed by atoms with Gasteiger partial charge in [-0.1, -0.05) is 48.5 Å². The molecular formula is C20H21N3. The molecule has 0 atom stereocenters. The van der Waals surface area contributed by atoms with Crippen molar-refractivity contribution in [2.24, 2.45) is 0 Å². The number of nitrogen functional groups attached to an aromatic ring is 1. The summed E-state index contributed by atoms with van der Waals surface area (Å²) in [6.07, 6.45) is 0. The van der Waals surface area contributed by atoms with E-state index in [1.807, 2.05) is 48.5 Å². The molecule has 0 bridgehead atoms. The zero-order chi connectivity index (χ0) is 16.1. The Kier molecular flexibility index (Phi) is 4.48. The van der Waals surface area contributed by atoms with Gasteiger partial charge in [0.1, 0.15) is 0 Å². The maximum atomic E-state index is 6.03. The topological polar surface area (TPSA) is 50.1 Å². The number of hydrogen-bond donors (Lipinski definition) is 3.